The van der Waals surface area contributed by atoms with Crippen LogP contribution < -0.4 is 11.2 Å². The molecule has 0 radical (unpaired) electrons. The smallest absolute Gasteiger partial charge is 0.331 e. The summed E-state index contributed by atoms with van der Waals surface area (Å²) in [4.78, 5) is 35.1. The summed E-state index contributed by atoms with van der Waals surface area (Å²) in [7, 11) is 2.98. The molecule has 0 aromatic carbocycles. The lowest BCUT2D eigenvalue weighted by Gasteiger charge is -2.29. The summed E-state index contributed by atoms with van der Waals surface area (Å²) in [5.41, 5.74) is -0.942. The van der Waals surface area contributed by atoms with Gasteiger partial charge in [0.1, 0.15) is 12.6 Å². The van der Waals surface area contributed by atoms with Crippen LogP contribution in [0.4, 0.5) is 0 Å². The lowest BCUT2D eigenvalue weighted by atomic mass is 9.94. The number of hydrogen-bond acceptors (Lipinski definition) is 5. The Morgan fingerprint density at radius 3 is 2.62 bits per heavy atom. The van der Waals surface area contributed by atoms with Crippen LogP contribution in [-0.2, 0) is 27.9 Å². The molecule has 1 fully saturated rings. The van der Waals surface area contributed by atoms with Crippen molar-refractivity contribution in [3.63, 3.8) is 0 Å². The number of esters is 1. The third-order valence-corrected chi connectivity index (χ3v) is 3.79. The molecule has 1 aliphatic rings. The van der Waals surface area contributed by atoms with Crippen molar-refractivity contribution in [2.24, 2.45) is 7.05 Å². The fraction of sp³-hybridized carbons (Fsp3) is 0.643. The lowest BCUT2D eigenvalue weighted by Crippen LogP contribution is -2.40. The van der Waals surface area contributed by atoms with Gasteiger partial charge in [0, 0.05) is 26.4 Å². The molecule has 0 spiro atoms. The first-order valence-corrected chi connectivity index (χ1v) is 7.01. The third kappa shape index (κ3) is 3.60. The summed E-state index contributed by atoms with van der Waals surface area (Å²) in [5, 5.41) is 0. The van der Waals surface area contributed by atoms with Gasteiger partial charge in [0.05, 0.1) is 6.10 Å². The Labute approximate surface area is 122 Å². The summed E-state index contributed by atoms with van der Waals surface area (Å²) >= 11 is 0. The Morgan fingerprint density at radius 2 is 1.95 bits per heavy atom. The van der Waals surface area contributed by atoms with Crippen molar-refractivity contribution in [2.45, 2.75) is 44.4 Å². The van der Waals surface area contributed by atoms with Crippen LogP contribution in [0.25, 0.3) is 0 Å². The molecule has 1 aromatic heterocycles. The highest BCUT2D eigenvalue weighted by atomic mass is 16.6. The van der Waals surface area contributed by atoms with Crippen molar-refractivity contribution >= 4 is 5.97 Å². The van der Waals surface area contributed by atoms with Gasteiger partial charge in [0.2, 0.25) is 0 Å². The van der Waals surface area contributed by atoms with Gasteiger partial charge in [0.25, 0.3) is 5.56 Å². The molecule has 2 unspecified atom stereocenters. The van der Waals surface area contributed by atoms with E-state index < -0.39 is 17.2 Å². The molecule has 1 aliphatic carbocycles. The average molecular weight is 296 g/mol. The van der Waals surface area contributed by atoms with Crippen molar-refractivity contribution in [3.05, 3.63) is 33.1 Å². The fourth-order valence-corrected chi connectivity index (χ4v) is 2.55. The summed E-state index contributed by atoms with van der Waals surface area (Å²) < 4.78 is 12.8. The van der Waals surface area contributed by atoms with E-state index in [-0.39, 0.29) is 18.8 Å². The van der Waals surface area contributed by atoms with Crippen LogP contribution in [0.5, 0.6) is 0 Å². The first-order chi connectivity index (χ1) is 10.0. The van der Waals surface area contributed by atoms with E-state index in [9.17, 15) is 14.4 Å². The maximum atomic E-state index is 12.0. The van der Waals surface area contributed by atoms with E-state index in [1.165, 1.54) is 19.3 Å². The molecule has 1 heterocycles. The molecule has 0 aliphatic heterocycles. The first-order valence-electron chi connectivity index (χ1n) is 7.01. The van der Waals surface area contributed by atoms with E-state index in [0.717, 1.165) is 34.8 Å². The minimum absolute atomic E-state index is 0.0837. The molecule has 2 atom stereocenters. The van der Waals surface area contributed by atoms with E-state index in [1.54, 1.807) is 7.11 Å². The van der Waals surface area contributed by atoms with Gasteiger partial charge in [-0.3, -0.25) is 18.7 Å². The molecular weight excluding hydrogens is 276 g/mol. The number of ether oxygens (including phenoxy) is 2. The SMILES string of the molecule is COC1CCCCC1OC(=O)Cn1ccc(=O)n(C)c1=O. The van der Waals surface area contributed by atoms with Crippen LogP contribution in [0.3, 0.4) is 0 Å². The molecule has 0 amide bonds. The number of nitrogens with zero attached hydrogens (tertiary/aromatic N) is 2. The predicted octanol–water partition coefficient (Wildman–Crippen LogP) is 0.0478. The second-order valence-corrected chi connectivity index (χ2v) is 5.21. The maximum absolute atomic E-state index is 12.0. The van der Waals surface area contributed by atoms with E-state index in [0.29, 0.717) is 0 Å². The summed E-state index contributed by atoms with van der Waals surface area (Å²) in [6.07, 6.45) is 4.66. The molecule has 116 valence electrons. The van der Waals surface area contributed by atoms with Gasteiger partial charge in [0.15, 0.2) is 0 Å². The zero-order valence-electron chi connectivity index (χ0n) is 12.3. The number of aromatic nitrogens is 2. The Bertz CT molecular complexity index is 619. The van der Waals surface area contributed by atoms with E-state index in [1.807, 2.05) is 0 Å². The van der Waals surface area contributed by atoms with Gasteiger partial charge in [-0.25, -0.2) is 4.79 Å². The van der Waals surface area contributed by atoms with Crippen molar-refractivity contribution in [3.8, 4) is 0 Å². The van der Waals surface area contributed by atoms with Crippen molar-refractivity contribution in [1.82, 2.24) is 9.13 Å². The third-order valence-electron chi connectivity index (χ3n) is 3.79. The number of methoxy groups -OCH3 is 1. The normalized spacial score (nSPS) is 22.0. The quantitative estimate of drug-likeness (QED) is 0.733. The minimum Gasteiger partial charge on any atom is -0.458 e. The number of carbonyl (C=O) groups is 1. The molecule has 0 bridgehead atoms. The number of carbonyl (C=O) groups excluding carboxylic acids is 1. The van der Waals surface area contributed by atoms with E-state index in [4.69, 9.17) is 9.47 Å². The number of rotatable bonds is 4. The van der Waals surface area contributed by atoms with Crippen LogP contribution in [0.1, 0.15) is 25.7 Å². The van der Waals surface area contributed by atoms with Gasteiger partial charge in [-0.2, -0.15) is 0 Å². The Hall–Kier alpha value is -1.89. The topological polar surface area (TPSA) is 79.5 Å². The molecule has 1 saturated carbocycles. The van der Waals surface area contributed by atoms with Gasteiger partial charge in [-0.05, 0) is 19.3 Å². The van der Waals surface area contributed by atoms with Crippen LogP contribution in [0.15, 0.2) is 21.9 Å². The molecule has 2 rings (SSSR count). The lowest BCUT2D eigenvalue weighted by molar-refractivity contribution is -0.160. The maximum Gasteiger partial charge on any atom is 0.331 e. The van der Waals surface area contributed by atoms with Gasteiger partial charge >= 0.3 is 11.7 Å². The molecule has 0 saturated heterocycles. The Morgan fingerprint density at radius 1 is 1.29 bits per heavy atom. The summed E-state index contributed by atoms with van der Waals surface area (Å²) in [5.74, 6) is -0.496. The summed E-state index contributed by atoms with van der Waals surface area (Å²) in [6.45, 7) is -0.208. The summed E-state index contributed by atoms with van der Waals surface area (Å²) in [6, 6.07) is 1.24. The van der Waals surface area contributed by atoms with Gasteiger partial charge < -0.3 is 9.47 Å². The highest BCUT2D eigenvalue weighted by molar-refractivity contribution is 5.69. The average Bonchev–Trinajstić information content (AvgIpc) is 2.48. The zero-order valence-corrected chi connectivity index (χ0v) is 12.3. The van der Waals surface area contributed by atoms with Crippen molar-refractivity contribution in [1.29, 1.82) is 0 Å². The number of hydrogen-bond donors (Lipinski definition) is 0. The molecule has 7 nitrogen and oxygen atoms in total. The second-order valence-electron chi connectivity index (χ2n) is 5.21. The van der Waals surface area contributed by atoms with Crippen molar-refractivity contribution in [2.75, 3.05) is 7.11 Å². The van der Waals surface area contributed by atoms with Crippen LogP contribution in [0.2, 0.25) is 0 Å². The second kappa shape index (κ2) is 6.71. The van der Waals surface area contributed by atoms with E-state index >= 15 is 0 Å². The monoisotopic (exact) mass is 296 g/mol. The predicted molar refractivity (Wildman–Crippen MR) is 75.1 cm³/mol. The van der Waals surface area contributed by atoms with Crippen LogP contribution >= 0.6 is 0 Å². The van der Waals surface area contributed by atoms with E-state index in [2.05, 4.69) is 0 Å². The molecular formula is C14H20N2O5. The standard InChI is InChI=1S/C14H20N2O5/c1-15-12(17)7-8-16(14(15)19)9-13(18)21-11-6-4-3-5-10(11)20-2/h7-8,10-11H,3-6,9H2,1-2H3. The molecule has 7 heteroatoms. The van der Waals surface area contributed by atoms with Crippen LogP contribution in [0, 0.1) is 0 Å². The highest BCUT2D eigenvalue weighted by Gasteiger charge is 2.28. The fourth-order valence-electron chi connectivity index (χ4n) is 2.55. The molecule has 21 heavy (non-hydrogen) atoms. The Kier molecular flexibility index (Phi) is 4.95. The minimum atomic E-state index is -0.536. The van der Waals surface area contributed by atoms with Gasteiger partial charge in [-0.1, -0.05) is 6.42 Å². The largest absolute Gasteiger partial charge is 0.458 e. The molecule has 0 N–H and O–H groups in total. The first kappa shape index (κ1) is 15.5. The Balaban J connectivity index is 2.03. The highest BCUT2D eigenvalue weighted by Crippen LogP contribution is 2.23. The zero-order chi connectivity index (χ0) is 15.4. The van der Waals surface area contributed by atoms with Crippen molar-refractivity contribution < 1.29 is 14.3 Å². The van der Waals surface area contributed by atoms with Crippen LogP contribution in [-0.4, -0.2) is 34.4 Å². The van der Waals surface area contributed by atoms with Gasteiger partial charge in [-0.15, -0.1) is 0 Å². The molecule has 1 aromatic rings.